The molecule has 0 aliphatic heterocycles. The standard InChI is InChI=1S/C8H13O2/c1-2-3-4-5-6-7-8(9)10/h4-5H,1-3,6-7H2,(H,9,10). The minimum Gasteiger partial charge on any atom is -0.481 e. The number of rotatable bonds is 5. The van der Waals surface area contributed by atoms with Gasteiger partial charge >= 0.3 is 5.97 Å². The van der Waals surface area contributed by atoms with Crippen LogP contribution in [0.2, 0.25) is 0 Å². The lowest BCUT2D eigenvalue weighted by Gasteiger charge is -1.86. The maximum atomic E-state index is 9.99. The van der Waals surface area contributed by atoms with Crippen molar-refractivity contribution in [1.82, 2.24) is 0 Å². The van der Waals surface area contributed by atoms with Crippen LogP contribution in [0.15, 0.2) is 12.2 Å². The van der Waals surface area contributed by atoms with Crippen molar-refractivity contribution in [2.45, 2.75) is 25.7 Å². The minimum atomic E-state index is -0.737. The van der Waals surface area contributed by atoms with Crippen LogP contribution in [0, 0.1) is 6.92 Å². The molecule has 0 bridgehead atoms. The SMILES string of the molecule is [CH2]CCC=CCCC(=O)O. The predicted molar refractivity (Wildman–Crippen MR) is 40.6 cm³/mol. The molecule has 0 aliphatic carbocycles. The Hall–Kier alpha value is -0.790. The summed E-state index contributed by atoms with van der Waals surface area (Å²) in [6.07, 6.45) is 6.54. The van der Waals surface area contributed by atoms with Crippen molar-refractivity contribution in [3.05, 3.63) is 19.1 Å². The summed E-state index contributed by atoms with van der Waals surface area (Å²) in [7, 11) is 0. The Bertz CT molecular complexity index is 116. The van der Waals surface area contributed by atoms with E-state index >= 15 is 0 Å². The van der Waals surface area contributed by atoms with Gasteiger partial charge in [0.15, 0.2) is 0 Å². The molecular weight excluding hydrogens is 128 g/mol. The van der Waals surface area contributed by atoms with Crippen molar-refractivity contribution in [3.63, 3.8) is 0 Å². The van der Waals surface area contributed by atoms with E-state index in [0.717, 1.165) is 12.8 Å². The maximum Gasteiger partial charge on any atom is 0.303 e. The van der Waals surface area contributed by atoms with E-state index in [9.17, 15) is 4.79 Å². The van der Waals surface area contributed by atoms with E-state index < -0.39 is 5.97 Å². The van der Waals surface area contributed by atoms with E-state index in [2.05, 4.69) is 6.92 Å². The second kappa shape index (κ2) is 6.33. The number of hydrogen-bond donors (Lipinski definition) is 1. The summed E-state index contributed by atoms with van der Waals surface area (Å²) >= 11 is 0. The van der Waals surface area contributed by atoms with Crippen LogP contribution in [-0.4, -0.2) is 11.1 Å². The number of carboxylic acids is 1. The van der Waals surface area contributed by atoms with Crippen LogP contribution < -0.4 is 0 Å². The smallest absolute Gasteiger partial charge is 0.303 e. The fourth-order valence-corrected chi connectivity index (χ4v) is 0.560. The molecule has 0 spiro atoms. The molecule has 1 radical (unpaired) electrons. The average Bonchev–Trinajstić information content (AvgIpc) is 1.87. The first-order valence-corrected chi connectivity index (χ1v) is 3.43. The van der Waals surface area contributed by atoms with Crippen molar-refractivity contribution in [2.24, 2.45) is 0 Å². The number of hydrogen-bond acceptors (Lipinski definition) is 1. The molecule has 0 fully saturated rings. The van der Waals surface area contributed by atoms with Crippen molar-refractivity contribution < 1.29 is 9.90 Å². The fraction of sp³-hybridized carbons (Fsp3) is 0.500. The first kappa shape index (κ1) is 9.21. The lowest BCUT2D eigenvalue weighted by atomic mass is 10.2. The van der Waals surface area contributed by atoms with Gasteiger partial charge in [0.25, 0.3) is 0 Å². The second-order valence-electron chi connectivity index (χ2n) is 2.05. The summed E-state index contributed by atoms with van der Waals surface area (Å²) in [5.41, 5.74) is 0. The summed E-state index contributed by atoms with van der Waals surface area (Å²) in [4.78, 5) is 9.99. The molecule has 0 heterocycles. The number of carbonyl (C=O) groups is 1. The van der Waals surface area contributed by atoms with Crippen LogP contribution >= 0.6 is 0 Å². The summed E-state index contributed by atoms with van der Waals surface area (Å²) in [5.74, 6) is -0.737. The van der Waals surface area contributed by atoms with E-state index in [1.807, 2.05) is 12.2 Å². The Morgan fingerprint density at radius 2 is 2.00 bits per heavy atom. The zero-order chi connectivity index (χ0) is 7.82. The van der Waals surface area contributed by atoms with E-state index in [1.54, 1.807) is 0 Å². The van der Waals surface area contributed by atoms with Gasteiger partial charge in [0.2, 0.25) is 0 Å². The zero-order valence-corrected chi connectivity index (χ0v) is 6.05. The Kier molecular flexibility index (Phi) is 5.83. The molecule has 0 aromatic heterocycles. The number of unbranched alkanes of at least 4 members (excludes halogenated alkanes) is 1. The van der Waals surface area contributed by atoms with Crippen molar-refractivity contribution >= 4 is 5.97 Å². The van der Waals surface area contributed by atoms with Gasteiger partial charge in [-0.05, 0) is 19.3 Å². The molecule has 0 atom stereocenters. The summed E-state index contributed by atoms with van der Waals surface area (Å²) in [5, 5.41) is 8.22. The van der Waals surface area contributed by atoms with Crippen LogP contribution in [-0.2, 0) is 4.79 Å². The number of allylic oxidation sites excluding steroid dienone is 2. The monoisotopic (exact) mass is 141 g/mol. The van der Waals surface area contributed by atoms with Gasteiger partial charge in [0.1, 0.15) is 0 Å². The van der Waals surface area contributed by atoms with Gasteiger partial charge in [-0.15, -0.1) is 0 Å². The highest BCUT2D eigenvalue weighted by molar-refractivity contribution is 5.66. The number of carboxylic acid groups (broad SMARTS) is 1. The first-order chi connectivity index (χ1) is 4.77. The largest absolute Gasteiger partial charge is 0.481 e. The molecule has 0 unspecified atom stereocenters. The van der Waals surface area contributed by atoms with Crippen molar-refractivity contribution in [1.29, 1.82) is 0 Å². The second-order valence-corrected chi connectivity index (χ2v) is 2.05. The van der Waals surface area contributed by atoms with Gasteiger partial charge in [0, 0.05) is 6.42 Å². The topological polar surface area (TPSA) is 37.3 Å². The summed E-state index contributed by atoms with van der Waals surface area (Å²) in [6.45, 7) is 3.65. The Morgan fingerprint density at radius 3 is 2.50 bits per heavy atom. The van der Waals surface area contributed by atoms with E-state index in [4.69, 9.17) is 5.11 Å². The van der Waals surface area contributed by atoms with E-state index in [0.29, 0.717) is 6.42 Å². The van der Waals surface area contributed by atoms with Crippen LogP contribution in [0.5, 0.6) is 0 Å². The zero-order valence-electron chi connectivity index (χ0n) is 6.05. The van der Waals surface area contributed by atoms with Gasteiger partial charge in [-0.1, -0.05) is 19.1 Å². The summed E-state index contributed by atoms with van der Waals surface area (Å²) < 4.78 is 0. The lowest BCUT2D eigenvalue weighted by Crippen LogP contribution is -1.91. The Morgan fingerprint density at radius 1 is 1.40 bits per heavy atom. The quantitative estimate of drug-likeness (QED) is 0.595. The average molecular weight is 141 g/mol. The molecule has 0 amide bonds. The lowest BCUT2D eigenvalue weighted by molar-refractivity contribution is -0.136. The van der Waals surface area contributed by atoms with Gasteiger partial charge in [0.05, 0.1) is 0 Å². The van der Waals surface area contributed by atoms with Gasteiger partial charge in [-0.3, -0.25) is 4.79 Å². The molecular formula is C8H13O2. The third-order valence-corrected chi connectivity index (χ3v) is 1.06. The molecule has 1 N–H and O–H groups in total. The van der Waals surface area contributed by atoms with Crippen molar-refractivity contribution in [2.75, 3.05) is 0 Å². The third-order valence-electron chi connectivity index (χ3n) is 1.06. The third kappa shape index (κ3) is 7.21. The molecule has 10 heavy (non-hydrogen) atoms. The molecule has 0 aromatic carbocycles. The first-order valence-electron chi connectivity index (χ1n) is 3.43. The molecule has 0 aliphatic rings. The minimum absolute atomic E-state index is 0.230. The molecule has 2 nitrogen and oxygen atoms in total. The van der Waals surface area contributed by atoms with Crippen molar-refractivity contribution in [3.8, 4) is 0 Å². The van der Waals surface area contributed by atoms with Gasteiger partial charge < -0.3 is 5.11 Å². The summed E-state index contributed by atoms with van der Waals surface area (Å²) in [6, 6.07) is 0. The molecule has 0 saturated heterocycles. The van der Waals surface area contributed by atoms with Crippen LogP contribution in [0.3, 0.4) is 0 Å². The van der Waals surface area contributed by atoms with E-state index in [-0.39, 0.29) is 6.42 Å². The van der Waals surface area contributed by atoms with Crippen LogP contribution in [0.1, 0.15) is 25.7 Å². The molecule has 57 valence electrons. The van der Waals surface area contributed by atoms with Gasteiger partial charge in [-0.2, -0.15) is 0 Å². The normalized spacial score (nSPS) is 10.5. The highest BCUT2D eigenvalue weighted by Gasteiger charge is 1.90. The number of aliphatic carboxylic acids is 1. The molecule has 0 saturated carbocycles. The fourth-order valence-electron chi connectivity index (χ4n) is 0.560. The molecule has 0 rings (SSSR count). The predicted octanol–water partition coefficient (Wildman–Crippen LogP) is 2.02. The van der Waals surface area contributed by atoms with E-state index in [1.165, 1.54) is 0 Å². The van der Waals surface area contributed by atoms with Crippen LogP contribution in [0.25, 0.3) is 0 Å². The van der Waals surface area contributed by atoms with Crippen LogP contribution in [0.4, 0.5) is 0 Å². The Labute approximate surface area is 61.6 Å². The Balaban J connectivity index is 3.10. The highest BCUT2D eigenvalue weighted by Crippen LogP contribution is 1.94. The molecule has 2 heteroatoms. The molecule has 0 aromatic rings. The maximum absolute atomic E-state index is 9.99. The van der Waals surface area contributed by atoms with Gasteiger partial charge in [-0.25, -0.2) is 0 Å². The highest BCUT2D eigenvalue weighted by atomic mass is 16.4.